The first kappa shape index (κ1) is 8.74. The van der Waals surface area contributed by atoms with Gasteiger partial charge < -0.3 is 5.11 Å². The second kappa shape index (κ2) is 3.88. The number of carbonyl (C=O) groups is 1. The van der Waals surface area contributed by atoms with Crippen LogP contribution in [-0.2, 0) is 11.2 Å². The molecule has 0 bridgehead atoms. The van der Waals surface area contributed by atoms with Gasteiger partial charge in [0.25, 0.3) is 0 Å². The van der Waals surface area contributed by atoms with Gasteiger partial charge in [0, 0.05) is 11.3 Å². The average Bonchev–Trinajstić information content (AvgIpc) is 2.39. The highest BCUT2D eigenvalue weighted by molar-refractivity contribution is 9.10. The van der Waals surface area contributed by atoms with Gasteiger partial charge in [-0.25, -0.2) is 0 Å². The topological polar surface area (TPSA) is 37.3 Å². The van der Waals surface area contributed by atoms with Gasteiger partial charge in [0.2, 0.25) is 0 Å². The first-order valence-corrected chi connectivity index (χ1v) is 4.89. The van der Waals surface area contributed by atoms with Crippen molar-refractivity contribution in [2.75, 3.05) is 0 Å². The van der Waals surface area contributed by atoms with Gasteiger partial charge in [-0.1, -0.05) is 22.0 Å². The van der Waals surface area contributed by atoms with E-state index in [-0.39, 0.29) is 0 Å². The van der Waals surface area contributed by atoms with Gasteiger partial charge in [0.15, 0.2) is 0 Å². The van der Waals surface area contributed by atoms with Crippen LogP contribution in [0.4, 0.5) is 0 Å². The number of thiophene rings is 1. The molecule has 0 aliphatic carbocycles. The van der Waals surface area contributed by atoms with E-state index in [0.29, 0.717) is 6.42 Å². The minimum Gasteiger partial charge on any atom is -0.480 e. The maximum absolute atomic E-state index is 10.4. The largest absolute Gasteiger partial charge is 0.480 e. The van der Waals surface area contributed by atoms with Crippen molar-refractivity contribution in [3.8, 4) is 0 Å². The standard InChI is InChI=1S/C7H7BrO2S/c8-6(7(9)10)4-5-2-1-3-11-5/h1-3,6H,4H2,(H,9,10). The van der Waals surface area contributed by atoms with E-state index in [1.807, 2.05) is 17.5 Å². The van der Waals surface area contributed by atoms with Gasteiger partial charge in [-0.15, -0.1) is 11.3 Å². The summed E-state index contributed by atoms with van der Waals surface area (Å²) in [4.78, 5) is 11.0. The Bertz CT molecular complexity index is 233. The maximum atomic E-state index is 10.4. The van der Waals surface area contributed by atoms with Crippen molar-refractivity contribution in [2.45, 2.75) is 11.2 Å². The Kier molecular flexibility index (Phi) is 3.08. The van der Waals surface area contributed by atoms with E-state index in [1.165, 1.54) is 0 Å². The molecule has 0 radical (unpaired) electrons. The van der Waals surface area contributed by atoms with Gasteiger partial charge in [-0.2, -0.15) is 0 Å². The van der Waals surface area contributed by atoms with E-state index in [4.69, 9.17) is 5.11 Å². The van der Waals surface area contributed by atoms with E-state index in [1.54, 1.807) is 11.3 Å². The maximum Gasteiger partial charge on any atom is 0.317 e. The predicted molar refractivity (Wildman–Crippen MR) is 48.4 cm³/mol. The molecule has 1 heterocycles. The highest BCUT2D eigenvalue weighted by atomic mass is 79.9. The molecule has 0 aromatic carbocycles. The van der Waals surface area contributed by atoms with Crippen LogP contribution in [0.15, 0.2) is 17.5 Å². The summed E-state index contributed by atoms with van der Waals surface area (Å²) in [5.74, 6) is -0.807. The third-order valence-corrected chi connectivity index (χ3v) is 2.84. The molecule has 0 aliphatic rings. The molecular weight excluding hydrogens is 228 g/mol. The van der Waals surface area contributed by atoms with E-state index in [9.17, 15) is 4.79 Å². The summed E-state index contributed by atoms with van der Waals surface area (Å²) in [6, 6.07) is 3.85. The Balaban J connectivity index is 2.50. The highest BCUT2D eigenvalue weighted by Gasteiger charge is 2.13. The van der Waals surface area contributed by atoms with Crippen molar-refractivity contribution in [1.82, 2.24) is 0 Å². The van der Waals surface area contributed by atoms with Crippen LogP contribution in [0.3, 0.4) is 0 Å². The zero-order valence-electron chi connectivity index (χ0n) is 5.66. The molecule has 0 aliphatic heterocycles. The molecule has 1 atom stereocenters. The zero-order valence-corrected chi connectivity index (χ0v) is 8.06. The van der Waals surface area contributed by atoms with Gasteiger partial charge >= 0.3 is 5.97 Å². The molecule has 1 N–H and O–H groups in total. The number of hydrogen-bond donors (Lipinski definition) is 1. The monoisotopic (exact) mass is 234 g/mol. The number of carboxylic acids is 1. The molecule has 1 aromatic rings. The van der Waals surface area contributed by atoms with Crippen LogP contribution < -0.4 is 0 Å². The summed E-state index contributed by atoms with van der Waals surface area (Å²) in [6.07, 6.45) is 0.562. The summed E-state index contributed by atoms with van der Waals surface area (Å²) in [6.45, 7) is 0. The normalized spacial score (nSPS) is 12.8. The van der Waals surface area contributed by atoms with Gasteiger partial charge in [0.05, 0.1) is 0 Å². The summed E-state index contributed by atoms with van der Waals surface area (Å²) < 4.78 is 0. The summed E-state index contributed by atoms with van der Waals surface area (Å²) in [7, 11) is 0. The number of carboxylic acid groups (broad SMARTS) is 1. The van der Waals surface area contributed by atoms with Crippen LogP contribution in [0.1, 0.15) is 4.88 Å². The van der Waals surface area contributed by atoms with Crippen molar-refractivity contribution in [3.63, 3.8) is 0 Å². The molecule has 2 nitrogen and oxygen atoms in total. The quantitative estimate of drug-likeness (QED) is 0.815. The second-order valence-electron chi connectivity index (χ2n) is 2.09. The lowest BCUT2D eigenvalue weighted by Gasteiger charge is -1.99. The van der Waals surface area contributed by atoms with Crippen molar-refractivity contribution >= 4 is 33.2 Å². The van der Waals surface area contributed by atoms with Crippen LogP contribution in [0, 0.1) is 0 Å². The fourth-order valence-corrected chi connectivity index (χ4v) is 2.01. The minimum atomic E-state index is -0.807. The smallest absolute Gasteiger partial charge is 0.317 e. The fraction of sp³-hybridized carbons (Fsp3) is 0.286. The Morgan fingerprint density at radius 3 is 3.00 bits per heavy atom. The lowest BCUT2D eigenvalue weighted by atomic mass is 10.3. The first-order valence-electron chi connectivity index (χ1n) is 3.09. The molecule has 0 saturated carbocycles. The molecule has 0 saturated heterocycles. The number of halogens is 1. The zero-order chi connectivity index (χ0) is 8.27. The van der Waals surface area contributed by atoms with Crippen molar-refractivity contribution in [3.05, 3.63) is 22.4 Å². The Morgan fingerprint density at radius 2 is 2.55 bits per heavy atom. The minimum absolute atomic E-state index is 0.457. The Labute approximate surface area is 77.0 Å². The lowest BCUT2D eigenvalue weighted by molar-refractivity contribution is -0.136. The van der Waals surface area contributed by atoms with E-state index < -0.39 is 10.8 Å². The van der Waals surface area contributed by atoms with Gasteiger partial charge in [0.1, 0.15) is 4.83 Å². The molecule has 1 aromatic heterocycles. The summed E-state index contributed by atoms with van der Waals surface area (Å²) >= 11 is 4.65. The lowest BCUT2D eigenvalue weighted by Crippen LogP contribution is -2.14. The highest BCUT2D eigenvalue weighted by Crippen LogP contribution is 2.14. The van der Waals surface area contributed by atoms with Crippen LogP contribution in [0.5, 0.6) is 0 Å². The molecule has 0 spiro atoms. The second-order valence-corrected chi connectivity index (χ2v) is 4.23. The summed E-state index contributed by atoms with van der Waals surface area (Å²) in [5, 5.41) is 10.5. The SMILES string of the molecule is O=C(O)C(Br)Cc1cccs1. The van der Waals surface area contributed by atoms with E-state index in [2.05, 4.69) is 15.9 Å². The van der Waals surface area contributed by atoms with Crippen LogP contribution in [0.2, 0.25) is 0 Å². The van der Waals surface area contributed by atoms with Crippen LogP contribution in [-0.4, -0.2) is 15.9 Å². The molecule has 60 valence electrons. The third-order valence-electron chi connectivity index (χ3n) is 1.23. The van der Waals surface area contributed by atoms with E-state index >= 15 is 0 Å². The molecule has 4 heteroatoms. The Morgan fingerprint density at radius 1 is 1.82 bits per heavy atom. The Hall–Kier alpha value is -0.350. The van der Waals surface area contributed by atoms with Gasteiger partial charge in [-0.3, -0.25) is 4.79 Å². The third kappa shape index (κ3) is 2.63. The summed E-state index contributed by atoms with van der Waals surface area (Å²) in [5.41, 5.74) is 0. The molecule has 0 fully saturated rings. The van der Waals surface area contributed by atoms with Crippen molar-refractivity contribution in [2.24, 2.45) is 0 Å². The molecule has 1 unspecified atom stereocenters. The average molecular weight is 235 g/mol. The number of alkyl halides is 1. The fourth-order valence-electron chi connectivity index (χ4n) is 0.693. The van der Waals surface area contributed by atoms with Crippen LogP contribution in [0.25, 0.3) is 0 Å². The predicted octanol–water partition coefficient (Wildman–Crippen LogP) is 2.14. The van der Waals surface area contributed by atoms with Gasteiger partial charge in [-0.05, 0) is 11.4 Å². The first-order chi connectivity index (χ1) is 5.20. The van der Waals surface area contributed by atoms with Crippen molar-refractivity contribution in [1.29, 1.82) is 0 Å². The molecule has 0 amide bonds. The number of aliphatic carboxylic acids is 1. The van der Waals surface area contributed by atoms with E-state index in [0.717, 1.165) is 4.88 Å². The van der Waals surface area contributed by atoms with Crippen LogP contribution >= 0.6 is 27.3 Å². The molecular formula is C7H7BrO2S. The molecule has 11 heavy (non-hydrogen) atoms. The number of hydrogen-bond acceptors (Lipinski definition) is 2. The number of rotatable bonds is 3. The molecule has 1 rings (SSSR count). The van der Waals surface area contributed by atoms with Crippen molar-refractivity contribution < 1.29 is 9.90 Å².